The van der Waals surface area contributed by atoms with Crippen LogP contribution in [0.4, 0.5) is 0 Å². The highest BCUT2D eigenvalue weighted by Crippen LogP contribution is 2.23. The van der Waals surface area contributed by atoms with Gasteiger partial charge in [0.1, 0.15) is 36.6 Å². The first-order chi connectivity index (χ1) is 36.7. The zero-order valence-electron chi connectivity index (χ0n) is 48.5. The molecule has 11 heteroatoms. The van der Waals surface area contributed by atoms with Crippen LogP contribution in [-0.4, -0.2) is 110 Å². The number of amides is 1. The second-order valence-corrected chi connectivity index (χ2v) is 22.5. The zero-order valence-corrected chi connectivity index (χ0v) is 48.5. The van der Waals surface area contributed by atoms with Crippen LogP contribution in [0.1, 0.15) is 296 Å². The molecule has 1 fully saturated rings. The summed E-state index contributed by atoms with van der Waals surface area (Å²) in [6, 6.07) is -1.19. The number of nitrogens with one attached hydrogen (secondary N) is 1. The zero-order chi connectivity index (χ0) is 54.7. The fourth-order valence-corrected chi connectivity index (χ4v) is 10.2. The summed E-state index contributed by atoms with van der Waals surface area (Å²) in [5.41, 5.74) is 0. The normalized spacial score (nSPS) is 19.9. The number of unbranched alkanes of at least 4 members (excludes halogenated alkanes) is 37. The summed E-state index contributed by atoms with van der Waals surface area (Å²) in [6.07, 6.45) is 55.0. The lowest BCUT2D eigenvalue weighted by molar-refractivity contribution is -0.303. The number of hydrogen-bond acceptors (Lipinski definition) is 10. The van der Waals surface area contributed by atoms with E-state index in [1.165, 1.54) is 193 Å². The Hall–Kier alpha value is -1.67. The van der Waals surface area contributed by atoms with Gasteiger partial charge in [0.25, 0.3) is 0 Å². The highest BCUT2D eigenvalue weighted by Gasteiger charge is 2.44. The maximum atomic E-state index is 13.2. The molecule has 0 aromatic heterocycles. The molecule has 0 saturated carbocycles. The highest BCUT2D eigenvalue weighted by molar-refractivity contribution is 5.80. The van der Waals surface area contributed by atoms with Gasteiger partial charge in [-0.25, -0.2) is 0 Å². The summed E-state index contributed by atoms with van der Waals surface area (Å²) in [4.78, 5) is 13.2. The molecule has 0 bridgehead atoms. The lowest BCUT2D eigenvalue weighted by Crippen LogP contribution is -2.60. The first kappa shape index (κ1) is 71.3. The van der Waals surface area contributed by atoms with Gasteiger partial charge in [0.15, 0.2) is 6.29 Å². The van der Waals surface area contributed by atoms with Gasteiger partial charge in [-0.1, -0.05) is 262 Å². The summed E-state index contributed by atoms with van der Waals surface area (Å²) < 4.78 is 11.2. The lowest BCUT2D eigenvalue weighted by atomic mass is 9.98. The highest BCUT2D eigenvalue weighted by atomic mass is 16.7. The number of carbonyl (C=O) groups excluding carboxylic acids is 1. The Morgan fingerprint density at radius 2 is 0.827 bits per heavy atom. The first-order valence-electron chi connectivity index (χ1n) is 31.9. The van der Waals surface area contributed by atoms with Gasteiger partial charge in [0.05, 0.1) is 25.4 Å². The van der Waals surface area contributed by atoms with E-state index in [0.29, 0.717) is 12.8 Å². The molecule has 11 nitrogen and oxygen atoms in total. The van der Waals surface area contributed by atoms with Crippen molar-refractivity contribution < 1.29 is 50.0 Å². The van der Waals surface area contributed by atoms with Crippen molar-refractivity contribution in [1.29, 1.82) is 0 Å². The van der Waals surface area contributed by atoms with Crippen LogP contribution in [0.15, 0.2) is 36.5 Å². The van der Waals surface area contributed by atoms with Crippen molar-refractivity contribution in [2.45, 2.75) is 351 Å². The molecule has 0 aromatic rings. The summed E-state index contributed by atoms with van der Waals surface area (Å²) >= 11 is 0. The lowest BCUT2D eigenvalue weighted by Gasteiger charge is -2.40. The molecule has 1 saturated heterocycles. The summed E-state index contributed by atoms with van der Waals surface area (Å²) in [7, 11) is 0. The van der Waals surface area contributed by atoms with E-state index in [9.17, 15) is 40.5 Å². The van der Waals surface area contributed by atoms with E-state index in [-0.39, 0.29) is 12.8 Å². The number of ether oxygens (including phenoxy) is 2. The van der Waals surface area contributed by atoms with E-state index in [1.807, 2.05) is 0 Å². The molecule has 1 amide bonds. The van der Waals surface area contributed by atoms with Crippen molar-refractivity contribution in [1.82, 2.24) is 5.32 Å². The third-order valence-corrected chi connectivity index (χ3v) is 15.4. The smallest absolute Gasteiger partial charge is 0.249 e. The van der Waals surface area contributed by atoms with E-state index < -0.39 is 74.2 Å². The second-order valence-electron chi connectivity index (χ2n) is 22.5. The molecule has 9 unspecified atom stereocenters. The Labute approximate surface area is 460 Å². The standard InChI is InChI=1S/C64H121NO10/c1-3-5-7-9-11-13-15-17-19-21-23-25-27-28-29-30-32-33-35-37-39-41-43-45-47-49-51-56(67)59(69)55(54-74-64-62(72)61(71)60(70)58(53-66)75-64)65-63(73)57(68)52-50-48-46-44-42-40-38-36-34-31-26-24-22-20-18-16-14-12-10-8-6-4-2/h24,26,34,36,43,45,55-62,64,66-72H,3-23,25,27-33,35,37-42,44,46-54H2,1-2H3,(H,65,73)/b26-24-,36-34-,45-43+. The van der Waals surface area contributed by atoms with Gasteiger partial charge in [-0.15, -0.1) is 0 Å². The van der Waals surface area contributed by atoms with Crippen LogP contribution < -0.4 is 5.32 Å². The first-order valence-corrected chi connectivity index (χ1v) is 31.9. The van der Waals surface area contributed by atoms with Crippen LogP contribution in [0.3, 0.4) is 0 Å². The minimum Gasteiger partial charge on any atom is -0.394 e. The average Bonchev–Trinajstić information content (AvgIpc) is 3.41. The Bertz CT molecular complexity index is 1310. The maximum absolute atomic E-state index is 13.2. The van der Waals surface area contributed by atoms with Crippen LogP contribution in [0.5, 0.6) is 0 Å². The van der Waals surface area contributed by atoms with Gasteiger partial charge in [-0.2, -0.15) is 0 Å². The number of rotatable bonds is 55. The van der Waals surface area contributed by atoms with Crippen molar-refractivity contribution in [3.8, 4) is 0 Å². The maximum Gasteiger partial charge on any atom is 0.249 e. The Morgan fingerprint density at radius 3 is 1.23 bits per heavy atom. The molecular weight excluding hydrogens is 943 g/mol. The van der Waals surface area contributed by atoms with E-state index in [2.05, 4.69) is 55.6 Å². The number of hydrogen-bond donors (Lipinski definition) is 8. The van der Waals surface area contributed by atoms with Gasteiger partial charge in [0, 0.05) is 0 Å². The van der Waals surface area contributed by atoms with E-state index >= 15 is 0 Å². The Kier molecular flexibility index (Phi) is 50.4. The second kappa shape index (κ2) is 53.0. The van der Waals surface area contributed by atoms with Crippen LogP contribution in [0.25, 0.3) is 0 Å². The number of aliphatic hydroxyl groups is 7. The van der Waals surface area contributed by atoms with Crippen LogP contribution in [0, 0.1) is 0 Å². The minimum atomic E-state index is -1.67. The van der Waals surface area contributed by atoms with Crippen molar-refractivity contribution >= 4 is 5.91 Å². The predicted octanol–water partition coefficient (Wildman–Crippen LogP) is 14.2. The quantitative estimate of drug-likeness (QED) is 0.0215. The molecule has 0 spiro atoms. The molecule has 0 radical (unpaired) electrons. The minimum absolute atomic E-state index is 0.242. The van der Waals surface area contributed by atoms with Gasteiger partial charge >= 0.3 is 0 Å². The number of carbonyl (C=O) groups is 1. The third-order valence-electron chi connectivity index (χ3n) is 15.4. The molecule has 8 N–H and O–H groups in total. The van der Waals surface area contributed by atoms with Gasteiger partial charge < -0.3 is 50.5 Å². The van der Waals surface area contributed by atoms with E-state index in [1.54, 1.807) is 0 Å². The predicted molar refractivity (Wildman–Crippen MR) is 312 cm³/mol. The van der Waals surface area contributed by atoms with Crippen LogP contribution in [-0.2, 0) is 14.3 Å². The van der Waals surface area contributed by atoms with Crippen molar-refractivity contribution in [2.24, 2.45) is 0 Å². The fraction of sp³-hybridized carbons (Fsp3) is 0.891. The Balaban J connectivity index is 2.29. The largest absolute Gasteiger partial charge is 0.394 e. The van der Waals surface area contributed by atoms with E-state index in [0.717, 1.165) is 64.2 Å². The molecular formula is C64H121NO10. The summed E-state index contributed by atoms with van der Waals surface area (Å²) in [5, 5.41) is 76.3. The van der Waals surface area contributed by atoms with Gasteiger partial charge in [-0.05, 0) is 70.6 Å². The molecule has 0 aromatic carbocycles. The van der Waals surface area contributed by atoms with Crippen molar-refractivity contribution in [2.75, 3.05) is 13.2 Å². The molecule has 0 aliphatic carbocycles. The molecule has 1 aliphatic rings. The molecule has 1 rings (SSSR count). The van der Waals surface area contributed by atoms with Crippen molar-refractivity contribution in [3.05, 3.63) is 36.5 Å². The number of allylic oxidation sites excluding steroid dienone is 6. The summed E-state index contributed by atoms with van der Waals surface area (Å²) in [6.45, 7) is 3.47. The molecule has 9 atom stereocenters. The molecule has 442 valence electrons. The fourth-order valence-electron chi connectivity index (χ4n) is 10.2. The monoisotopic (exact) mass is 1060 g/mol. The van der Waals surface area contributed by atoms with Crippen LogP contribution in [0.2, 0.25) is 0 Å². The summed E-state index contributed by atoms with van der Waals surface area (Å²) in [5.74, 6) is -0.711. The van der Waals surface area contributed by atoms with Gasteiger partial charge in [-0.3, -0.25) is 4.79 Å². The third kappa shape index (κ3) is 41.1. The Morgan fingerprint density at radius 1 is 0.467 bits per heavy atom. The SMILES string of the molecule is CCCCCCCCCCC/C=C\C/C=C\CCCCCCCCC(O)C(=O)NC(COC1OC(CO)C(O)C(O)C1O)C(O)C(O)CCC/C=C/CCCCCCCCCCCCCCCCCCCCCCC. The molecule has 1 heterocycles. The van der Waals surface area contributed by atoms with E-state index in [4.69, 9.17) is 9.47 Å². The average molecular weight is 1060 g/mol. The van der Waals surface area contributed by atoms with Crippen LogP contribution >= 0.6 is 0 Å². The molecule has 75 heavy (non-hydrogen) atoms. The van der Waals surface area contributed by atoms with Gasteiger partial charge in [0.2, 0.25) is 5.91 Å². The molecule has 1 aliphatic heterocycles. The van der Waals surface area contributed by atoms with Crippen molar-refractivity contribution in [3.63, 3.8) is 0 Å². The topological polar surface area (TPSA) is 189 Å². The number of aliphatic hydroxyl groups excluding tert-OH is 7.